The molecule has 1 amide bonds. The fourth-order valence-electron chi connectivity index (χ4n) is 3.19. The quantitative estimate of drug-likeness (QED) is 0.922. The Bertz CT molecular complexity index is 510. The molecule has 2 atom stereocenters. The number of hydrogen-bond acceptors (Lipinski definition) is 2. The predicted molar refractivity (Wildman–Crippen MR) is 85.0 cm³/mol. The third kappa shape index (κ3) is 2.95. The van der Waals surface area contributed by atoms with Crippen LogP contribution in [0.5, 0.6) is 0 Å². The summed E-state index contributed by atoms with van der Waals surface area (Å²) in [6, 6.07) is 7.75. The minimum absolute atomic E-state index is 0.0113. The Morgan fingerprint density at radius 1 is 1.29 bits per heavy atom. The first kappa shape index (κ1) is 14.9. The molecule has 4 heteroatoms. The van der Waals surface area contributed by atoms with Crippen LogP contribution in [0, 0.1) is 11.8 Å². The Morgan fingerprint density at radius 3 is 2.48 bits per heavy atom. The molecule has 0 radical (unpaired) electrons. The number of carbonyl (C=O) groups is 1. The van der Waals surface area contributed by atoms with E-state index in [-0.39, 0.29) is 18.1 Å². The van der Waals surface area contributed by atoms with Gasteiger partial charge in [-0.25, -0.2) is 0 Å². The van der Waals surface area contributed by atoms with Gasteiger partial charge in [0.2, 0.25) is 5.91 Å². The van der Waals surface area contributed by atoms with Crippen molar-refractivity contribution in [3.63, 3.8) is 0 Å². The molecule has 1 saturated heterocycles. The summed E-state index contributed by atoms with van der Waals surface area (Å²) in [5.74, 6) is 1.23. The first-order valence-corrected chi connectivity index (χ1v) is 8.26. The normalized spacial score (nSPS) is 26.5. The van der Waals surface area contributed by atoms with Gasteiger partial charge in [0.05, 0.1) is 6.04 Å². The SMILES string of the molecule is CC(C)C1NC(c2ccc(Cl)cc2)N(CC2CCC2)C1=O. The Labute approximate surface area is 131 Å². The molecule has 3 rings (SSSR count). The highest BCUT2D eigenvalue weighted by Gasteiger charge is 2.42. The zero-order valence-corrected chi connectivity index (χ0v) is 13.4. The van der Waals surface area contributed by atoms with Crippen molar-refractivity contribution in [2.75, 3.05) is 6.54 Å². The third-order valence-corrected chi connectivity index (χ3v) is 4.98. The number of carbonyl (C=O) groups excluding carboxylic acids is 1. The van der Waals surface area contributed by atoms with Crippen molar-refractivity contribution >= 4 is 17.5 Å². The molecular weight excluding hydrogens is 284 g/mol. The van der Waals surface area contributed by atoms with E-state index in [2.05, 4.69) is 19.2 Å². The van der Waals surface area contributed by atoms with Gasteiger partial charge in [-0.15, -0.1) is 0 Å². The lowest BCUT2D eigenvalue weighted by Crippen LogP contribution is -2.38. The lowest BCUT2D eigenvalue weighted by molar-refractivity contribution is -0.131. The molecule has 21 heavy (non-hydrogen) atoms. The summed E-state index contributed by atoms with van der Waals surface area (Å²) in [6.45, 7) is 5.07. The molecule has 1 aliphatic heterocycles. The van der Waals surface area contributed by atoms with Crippen LogP contribution >= 0.6 is 11.6 Å². The highest BCUT2D eigenvalue weighted by Crippen LogP contribution is 2.34. The van der Waals surface area contributed by atoms with E-state index >= 15 is 0 Å². The standard InChI is InChI=1S/C17H23ClN2O/c1-11(2)15-17(21)20(10-12-4-3-5-12)16(19-15)13-6-8-14(18)9-7-13/h6-9,11-12,15-16,19H,3-5,10H2,1-2H3. The monoisotopic (exact) mass is 306 g/mol. The fourth-order valence-corrected chi connectivity index (χ4v) is 3.31. The Hall–Kier alpha value is -1.06. The van der Waals surface area contributed by atoms with Crippen molar-refractivity contribution in [1.82, 2.24) is 10.2 Å². The Balaban J connectivity index is 1.83. The van der Waals surface area contributed by atoms with Crippen LogP contribution in [-0.2, 0) is 4.79 Å². The fraction of sp³-hybridized carbons (Fsp3) is 0.588. The minimum atomic E-state index is -0.0780. The van der Waals surface area contributed by atoms with Crippen LogP contribution in [0.25, 0.3) is 0 Å². The first-order valence-electron chi connectivity index (χ1n) is 7.88. The zero-order chi connectivity index (χ0) is 15.0. The molecule has 114 valence electrons. The second-order valence-corrected chi connectivity index (χ2v) is 7.07. The van der Waals surface area contributed by atoms with E-state index in [0.29, 0.717) is 11.8 Å². The smallest absolute Gasteiger partial charge is 0.241 e. The number of nitrogens with zero attached hydrogens (tertiary/aromatic N) is 1. The van der Waals surface area contributed by atoms with Crippen LogP contribution in [0.1, 0.15) is 44.8 Å². The van der Waals surface area contributed by atoms with Crippen molar-refractivity contribution in [2.45, 2.75) is 45.3 Å². The van der Waals surface area contributed by atoms with Crippen molar-refractivity contribution in [1.29, 1.82) is 0 Å². The van der Waals surface area contributed by atoms with E-state index in [1.807, 2.05) is 29.2 Å². The molecule has 1 saturated carbocycles. The largest absolute Gasteiger partial charge is 0.321 e. The second kappa shape index (κ2) is 5.98. The molecule has 1 heterocycles. The predicted octanol–water partition coefficient (Wildman–Crippen LogP) is 3.60. The van der Waals surface area contributed by atoms with E-state index in [4.69, 9.17) is 11.6 Å². The maximum atomic E-state index is 12.7. The van der Waals surface area contributed by atoms with Gasteiger partial charge in [0, 0.05) is 11.6 Å². The van der Waals surface area contributed by atoms with Crippen molar-refractivity contribution in [2.24, 2.45) is 11.8 Å². The molecule has 0 aromatic heterocycles. The van der Waals surface area contributed by atoms with E-state index in [9.17, 15) is 4.79 Å². The van der Waals surface area contributed by atoms with Gasteiger partial charge in [0.15, 0.2) is 0 Å². The van der Waals surface area contributed by atoms with Crippen LogP contribution in [0.2, 0.25) is 5.02 Å². The first-order chi connectivity index (χ1) is 10.1. The van der Waals surface area contributed by atoms with Crippen LogP contribution in [0.3, 0.4) is 0 Å². The van der Waals surface area contributed by atoms with Gasteiger partial charge in [-0.1, -0.05) is 44.0 Å². The number of amides is 1. The zero-order valence-electron chi connectivity index (χ0n) is 12.7. The van der Waals surface area contributed by atoms with E-state index < -0.39 is 0 Å². The molecule has 3 nitrogen and oxygen atoms in total. The molecule has 0 bridgehead atoms. The number of hydrogen-bond donors (Lipinski definition) is 1. The summed E-state index contributed by atoms with van der Waals surface area (Å²) in [5.41, 5.74) is 1.12. The third-order valence-electron chi connectivity index (χ3n) is 4.73. The highest BCUT2D eigenvalue weighted by atomic mass is 35.5. The van der Waals surface area contributed by atoms with E-state index in [1.165, 1.54) is 19.3 Å². The summed E-state index contributed by atoms with van der Waals surface area (Å²) in [5, 5.41) is 4.24. The number of rotatable bonds is 4. The van der Waals surface area contributed by atoms with Crippen molar-refractivity contribution in [3.05, 3.63) is 34.9 Å². The summed E-state index contributed by atoms with van der Waals surface area (Å²) >= 11 is 5.98. The lowest BCUT2D eigenvalue weighted by atomic mass is 9.85. The summed E-state index contributed by atoms with van der Waals surface area (Å²) in [6.07, 6.45) is 3.80. The molecule has 0 spiro atoms. The summed E-state index contributed by atoms with van der Waals surface area (Å²) in [4.78, 5) is 14.7. The average Bonchev–Trinajstić information content (AvgIpc) is 2.72. The highest BCUT2D eigenvalue weighted by molar-refractivity contribution is 6.30. The van der Waals surface area contributed by atoms with Gasteiger partial charge in [-0.2, -0.15) is 0 Å². The van der Waals surface area contributed by atoms with Crippen LogP contribution in [-0.4, -0.2) is 23.4 Å². The van der Waals surface area contributed by atoms with Gasteiger partial charge in [-0.05, 0) is 42.4 Å². The van der Waals surface area contributed by atoms with E-state index in [1.54, 1.807) is 0 Å². The van der Waals surface area contributed by atoms with Crippen LogP contribution < -0.4 is 5.32 Å². The Morgan fingerprint density at radius 2 is 1.95 bits per heavy atom. The molecule has 2 aliphatic rings. The van der Waals surface area contributed by atoms with Gasteiger partial charge in [0.1, 0.15) is 6.17 Å². The molecule has 2 unspecified atom stereocenters. The van der Waals surface area contributed by atoms with Gasteiger partial charge < -0.3 is 4.90 Å². The molecule has 1 aromatic carbocycles. The van der Waals surface area contributed by atoms with Crippen molar-refractivity contribution in [3.8, 4) is 0 Å². The van der Waals surface area contributed by atoms with Gasteiger partial charge in [-0.3, -0.25) is 10.1 Å². The molecule has 2 fully saturated rings. The minimum Gasteiger partial charge on any atom is -0.321 e. The lowest BCUT2D eigenvalue weighted by Gasteiger charge is -2.33. The molecule has 1 N–H and O–H groups in total. The van der Waals surface area contributed by atoms with Crippen LogP contribution in [0.15, 0.2) is 24.3 Å². The second-order valence-electron chi connectivity index (χ2n) is 6.63. The maximum Gasteiger partial charge on any atom is 0.241 e. The van der Waals surface area contributed by atoms with Crippen LogP contribution in [0.4, 0.5) is 0 Å². The summed E-state index contributed by atoms with van der Waals surface area (Å²) in [7, 11) is 0. The molecule has 1 aromatic rings. The topological polar surface area (TPSA) is 32.3 Å². The number of benzene rings is 1. The van der Waals surface area contributed by atoms with Gasteiger partial charge >= 0.3 is 0 Å². The maximum absolute atomic E-state index is 12.7. The molecular formula is C17H23ClN2O. The average molecular weight is 307 g/mol. The van der Waals surface area contributed by atoms with E-state index in [0.717, 1.165) is 17.1 Å². The summed E-state index contributed by atoms with van der Waals surface area (Å²) < 4.78 is 0. The number of nitrogens with one attached hydrogen (secondary N) is 1. The number of halogens is 1. The Kier molecular flexibility index (Phi) is 4.23. The molecule has 1 aliphatic carbocycles. The van der Waals surface area contributed by atoms with Crippen molar-refractivity contribution < 1.29 is 4.79 Å². The van der Waals surface area contributed by atoms with Gasteiger partial charge in [0.25, 0.3) is 0 Å².